The van der Waals surface area contributed by atoms with Crippen LogP contribution in [0.15, 0.2) is 12.1 Å². The highest BCUT2D eigenvalue weighted by Crippen LogP contribution is 2.31. The smallest absolute Gasteiger partial charge is 0.307 e. The van der Waals surface area contributed by atoms with Gasteiger partial charge in [0.1, 0.15) is 5.82 Å². The highest BCUT2D eigenvalue weighted by molar-refractivity contribution is 6.39. The fourth-order valence-electron chi connectivity index (χ4n) is 1.23. The molecular weight excluding hydrogens is 268 g/mol. The highest BCUT2D eigenvalue weighted by Gasteiger charge is 2.09. The van der Waals surface area contributed by atoms with Crippen molar-refractivity contribution in [3.8, 4) is 0 Å². The average molecular weight is 280 g/mol. The molecule has 0 aliphatic heterocycles. The van der Waals surface area contributed by atoms with E-state index in [-0.39, 0.29) is 22.4 Å². The number of nitrogens with one attached hydrogen (secondary N) is 1. The third kappa shape index (κ3) is 4.40. The van der Waals surface area contributed by atoms with Crippen molar-refractivity contribution in [2.75, 3.05) is 18.5 Å². The van der Waals surface area contributed by atoms with E-state index in [0.29, 0.717) is 18.8 Å². The number of anilines is 1. The summed E-state index contributed by atoms with van der Waals surface area (Å²) in [5.74, 6) is -0.815. The first-order valence-electron chi connectivity index (χ1n) is 5.08. The SMILES string of the molecule is CCOC(=O)CCNc1c(Cl)cc(F)cc1Cl. The molecule has 0 aliphatic carbocycles. The zero-order chi connectivity index (χ0) is 12.8. The summed E-state index contributed by atoms with van der Waals surface area (Å²) >= 11 is 11.6. The van der Waals surface area contributed by atoms with Gasteiger partial charge in [-0.15, -0.1) is 0 Å². The number of carbonyl (C=O) groups excluding carboxylic acids is 1. The van der Waals surface area contributed by atoms with Gasteiger partial charge in [-0.2, -0.15) is 0 Å². The molecule has 0 heterocycles. The highest BCUT2D eigenvalue weighted by atomic mass is 35.5. The monoisotopic (exact) mass is 279 g/mol. The topological polar surface area (TPSA) is 38.3 Å². The molecule has 6 heteroatoms. The van der Waals surface area contributed by atoms with E-state index in [1.54, 1.807) is 6.92 Å². The van der Waals surface area contributed by atoms with E-state index in [0.717, 1.165) is 12.1 Å². The molecule has 0 aliphatic rings. The van der Waals surface area contributed by atoms with E-state index >= 15 is 0 Å². The molecule has 1 aromatic carbocycles. The Morgan fingerprint density at radius 2 is 2.00 bits per heavy atom. The number of halogens is 3. The predicted molar refractivity (Wildman–Crippen MR) is 66.2 cm³/mol. The second kappa shape index (κ2) is 6.67. The Hall–Kier alpha value is -1.00. The maximum Gasteiger partial charge on any atom is 0.307 e. The molecule has 0 atom stereocenters. The van der Waals surface area contributed by atoms with Crippen molar-refractivity contribution in [3.63, 3.8) is 0 Å². The molecule has 1 rings (SSSR count). The van der Waals surface area contributed by atoms with Crippen molar-refractivity contribution in [2.45, 2.75) is 13.3 Å². The number of esters is 1. The molecule has 0 radical (unpaired) electrons. The molecule has 0 saturated carbocycles. The number of ether oxygens (including phenoxy) is 1. The van der Waals surface area contributed by atoms with Crippen LogP contribution in [0.25, 0.3) is 0 Å². The molecule has 17 heavy (non-hydrogen) atoms. The number of hydrogen-bond donors (Lipinski definition) is 1. The van der Waals surface area contributed by atoms with Gasteiger partial charge in [0.2, 0.25) is 0 Å². The summed E-state index contributed by atoms with van der Waals surface area (Å²) in [6.45, 7) is 2.40. The molecular formula is C11H12Cl2FNO2. The van der Waals surface area contributed by atoms with Crippen LogP contribution >= 0.6 is 23.2 Å². The molecule has 0 fully saturated rings. The zero-order valence-corrected chi connectivity index (χ0v) is 10.7. The molecule has 0 saturated heterocycles. The third-order valence-electron chi connectivity index (χ3n) is 1.94. The van der Waals surface area contributed by atoms with Gasteiger partial charge in [0.15, 0.2) is 0 Å². The van der Waals surface area contributed by atoms with E-state index in [9.17, 15) is 9.18 Å². The van der Waals surface area contributed by atoms with Crippen LogP contribution in [0.1, 0.15) is 13.3 Å². The number of benzene rings is 1. The zero-order valence-electron chi connectivity index (χ0n) is 9.23. The van der Waals surface area contributed by atoms with Gasteiger partial charge >= 0.3 is 5.97 Å². The van der Waals surface area contributed by atoms with Crippen LogP contribution in [-0.2, 0) is 9.53 Å². The Balaban J connectivity index is 2.55. The lowest BCUT2D eigenvalue weighted by molar-refractivity contribution is -0.142. The van der Waals surface area contributed by atoms with Crippen LogP contribution in [0, 0.1) is 5.82 Å². The van der Waals surface area contributed by atoms with E-state index in [4.69, 9.17) is 27.9 Å². The van der Waals surface area contributed by atoms with Crippen LogP contribution in [0.3, 0.4) is 0 Å². The molecule has 1 N–H and O–H groups in total. The Morgan fingerprint density at radius 1 is 1.41 bits per heavy atom. The van der Waals surface area contributed by atoms with Crippen molar-refractivity contribution in [1.82, 2.24) is 0 Å². The Labute approximate surface area is 109 Å². The van der Waals surface area contributed by atoms with Crippen LogP contribution in [0.4, 0.5) is 10.1 Å². The molecule has 0 amide bonds. The van der Waals surface area contributed by atoms with Crippen molar-refractivity contribution < 1.29 is 13.9 Å². The van der Waals surface area contributed by atoms with Gasteiger partial charge in [-0.05, 0) is 19.1 Å². The molecule has 94 valence electrons. The fraction of sp³-hybridized carbons (Fsp3) is 0.364. The molecule has 0 aromatic heterocycles. The maximum absolute atomic E-state index is 12.9. The Morgan fingerprint density at radius 3 is 2.53 bits per heavy atom. The molecule has 0 unspecified atom stereocenters. The van der Waals surface area contributed by atoms with Gasteiger partial charge in [0.05, 0.1) is 28.8 Å². The average Bonchev–Trinajstić information content (AvgIpc) is 2.22. The van der Waals surface area contributed by atoms with Crippen molar-refractivity contribution >= 4 is 34.9 Å². The lowest BCUT2D eigenvalue weighted by atomic mass is 10.3. The summed E-state index contributed by atoms with van der Waals surface area (Å²) in [6, 6.07) is 2.31. The second-order valence-corrected chi connectivity index (χ2v) is 4.04. The van der Waals surface area contributed by atoms with Crippen molar-refractivity contribution in [1.29, 1.82) is 0 Å². The summed E-state index contributed by atoms with van der Waals surface area (Å²) in [6.07, 6.45) is 0.192. The molecule has 0 spiro atoms. The Bertz CT molecular complexity index is 389. The van der Waals surface area contributed by atoms with E-state index < -0.39 is 5.82 Å². The van der Waals surface area contributed by atoms with Gasteiger partial charge in [-0.1, -0.05) is 23.2 Å². The molecule has 3 nitrogen and oxygen atoms in total. The quantitative estimate of drug-likeness (QED) is 0.839. The van der Waals surface area contributed by atoms with Gasteiger partial charge in [0.25, 0.3) is 0 Å². The van der Waals surface area contributed by atoms with Crippen molar-refractivity contribution in [2.24, 2.45) is 0 Å². The van der Waals surface area contributed by atoms with E-state index in [1.165, 1.54) is 0 Å². The van der Waals surface area contributed by atoms with Crippen molar-refractivity contribution in [3.05, 3.63) is 28.0 Å². The van der Waals surface area contributed by atoms with Gasteiger partial charge in [-0.3, -0.25) is 4.79 Å². The van der Waals surface area contributed by atoms with Crippen LogP contribution in [-0.4, -0.2) is 19.1 Å². The minimum atomic E-state index is -0.504. The van der Waals surface area contributed by atoms with Gasteiger partial charge in [0, 0.05) is 6.54 Å². The lowest BCUT2D eigenvalue weighted by Crippen LogP contribution is -2.11. The minimum absolute atomic E-state index is 0.179. The Kier molecular flexibility index (Phi) is 5.51. The van der Waals surface area contributed by atoms with Crippen LogP contribution in [0.2, 0.25) is 10.0 Å². The van der Waals surface area contributed by atoms with Gasteiger partial charge < -0.3 is 10.1 Å². The third-order valence-corrected chi connectivity index (χ3v) is 2.54. The first-order chi connectivity index (χ1) is 8.04. The van der Waals surface area contributed by atoms with Crippen LogP contribution < -0.4 is 5.32 Å². The predicted octanol–water partition coefficient (Wildman–Crippen LogP) is 3.50. The number of rotatable bonds is 5. The summed E-state index contributed by atoms with van der Waals surface area (Å²) < 4.78 is 17.6. The molecule has 1 aromatic rings. The number of hydrogen-bond acceptors (Lipinski definition) is 3. The van der Waals surface area contributed by atoms with Crippen LogP contribution in [0.5, 0.6) is 0 Å². The fourth-order valence-corrected chi connectivity index (χ4v) is 1.83. The summed E-state index contributed by atoms with van der Waals surface area (Å²) in [5.41, 5.74) is 0.416. The first-order valence-corrected chi connectivity index (χ1v) is 5.84. The lowest BCUT2D eigenvalue weighted by Gasteiger charge is -2.10. The standard InChI is InChI=1S/C11H12Cl2FNO2/c1-2-17-10(16)3-4-15-11-8(12)5-7(14)6-9(11)13/h5-6,15H,2-4H2,1H3. The normalized spacial score (nSPS) is 10.1. The summed E-state index contributed by atoms with van der Waals surface area (Å²) in [5, 5.41) is 3.23. The first kappa shape index (κ1) is 14.1. The van der Waals surface area contributed by atoms with E-state index in [2.05, 4.69) is 5.32 Å². The number of carbonyl (C=O) groups is 1. The summed E-state index contributed by atoms with van der Waals surface area (Å²) in [4.78, 5) is 11.1. The largest absolute Gasteiger partial charge is 0.466 e. The summed E-state index contributed by atoms with van der Waals surface area (Å²) in [7, 11) is 0. The second-order valence-electron chi connectivity index (χ2n) is 3.23. The molecule has 0 bridgehead atoms. The maximum atomic E-state index is 12.9. The van der Waals surface area contributed by atoms with E-state index in [1.807, 2.05) is 0 Å². The minimum Gasteiger partial charge on any atom is -0.466 e. The van der Waals surface area contributed by atoms with Gasteiger partial charge in [-0.25, -0.2) is 4.39 Å².